The number of carbonyl (C=O) groups is 2. The van der Waals surface area contributed by atoms with Crippen LogP contribution in [0.2, 0.25) is 5.02 Å². The van der Waals surface area contributed by atoms with Crippen molar-refractivity contribution in [2.24, 2.45) is 0 Å². The normalized spacial score (nSPS) is 12.9. The Kier molecular flexibility index (Phi) is 9.94. The molecular formula is C29H34ClN3O4S. The molecule has 2 amide bonds. The number of nitrogens with zero attached hydrogens (tertiary/aromatic N) is 2. The van der Waals surface area contributed by atoms with Gasteiger partial charge in [-0.05, 0) is 63.1 Å². The Hall–Kier alpha value is -3.36. The Morgan fingerprint density at radius 2 is 1.53 bits per heavy atom. The van der Waals surface area contributed by atoms with Crippen LogP contribution in [-0.2, 0) is 26.2 Å². The van der Waals surface area contributed by atoms with Crippen LogP contribution >= 0.6 is 11.6 Å². The van der Waals surface area contributed by atoms with Gasteiger partial charge in [-0.25, -0.2) is 8.42 Å². The average molecular weight is 556 g/mol. The van der Waals surface area contributed by atoms with Gasteiger partial charge < -0.3 is 10.2 Å². The van der Waals surface area contributed by atoms with E-state index in [4.69, 9.17) is 11.6 Å². The number of hydrogen-bond acceptors (Lipinski definition) is 4. The molecule has 7 nitrogen and oxygen atoms in total. The van der Waals surface area contributed by atoms with Crippen LogP contribution in [0.5, 0.6) is 0 Å². The molecule has 9 heteroatoms. The highest BCUT2D eigenvalue weighted by molar-refractivity contribution is 7.92. The number of aryl methyl sites for hydroxylation is 1. The van der Waals surface area contributed by atoms with Crippen LogP contribution < -0.4 is 9.62 Å². The maximum absolute atomic E-state index is 13.9. The van der Waals surface area contributed by atoms with Gasteiger partial charge in [-0.15, -0.1) is 0 Å². The van der Waals surface area contributed by atoms with Crippen LogP contribution in [0.3, 0.4) is 0 Å². The average Bonchev–Trinajstić information content (AvgIpc) is 2.91. The predicted octanol–water partition coefficient (Wildman–Crippen LogP) is 5.18. The summed E-state index contributed by atoms with van der Waals surface area (Å²) < 4.78 is 28.6. The van der Waals surface area contributed by atoms with E-state index in [2.05, 4.69) is 5.32 Å². The fraction of sp³-hybridized carbons (Fsp3) is 0.310. The number of benzene rings is 3. The topological polar surface area (TPSA) is 86.8 Å². The molecule has 202 valence electrons. The van der Waals surface area contributed by atoms with Crippen molar-refractivity contribution in [2.45, 2.75) is 57.6 Å². The molecule has 0 spiro atoms. The molecule has 2 atom stereocenters. The van der Waals surface area contributed by atoms with E-state index < -0.39 is 28.5 Å². The van der Waals surface area contributed by atoms with Gasteiger partial charge in [0.05, 0.1) is 10.6 Å². The molecule has 1 N–H and O–H groups in total. The number of halogens is 1. The lowest BCUT2D eigenvalue weighted by atomic mass is 10.1. The Balaban J connectivity index is 2.01. The second-order valence-corrected chi connectivity index (χ2v) is 11.5. The van der Waals surface area contributed by atoms with Crippen molar-refractivity contribution >= 4 is 39.1 Å². The summed E-state index contributed by atoms with van der Waals surface area (Å²) in [6, 6.07) is 21.0. The number of amides is 2. The van der Waals surface area contributed by atoms with E-state index in [9.17, 15) is 18.0 Å². The highest BCUT2D eigenvalue weighted by Gasteiger charge is 2.33. The first-order valence-corrected chi connectivity index (χ1v) is 14.3. The summed E-state index contributed by atoms with van der Waals surface area (Å²) in [4.78, 5) is 28.4. The number of hydrogen-bond donors (Lipinski definition) is 1. The molecule has 0 saturated heterocycles. The van der Waals surface area contributed by atoms with E-state index in [1.807, 2.05) is 20.8 Å². The van der Waals surface area contributed by atoms with Crippen LogP contribution in [0.25, 0.3) is 0 Å². The molecule has 38 heavy (non-hydrogen) atoms. The zero-order valence-electron chi connectivity index (χ0n) is 22.1. The summed E-state index contributed by atoms with van der Waals surface area (Å²) in [5.41, 5.74) is 1.91. The van der Waals surface area contributed by atoms with Gasteiger partial charge in [0, 0.05) is 17.6 Å². The van der Waals surface area contributed by atoms with Crippen LogP contribution in [0.15, 0.2) is 83.8 Å². The molecule has 0 aromatic heterocycles. The van der Waals surface area contributed by atoms with Gasteiger partial charge in [0.1, 0.15) is 12.6 Å². The van der Waals surface area contributed by atoms with Crippen molar-refractivity contribution in [3.8, 4) is 0 Å². The molecule has 0 aliphatic rings. The van der Waals surface area contributed by atoms with Gasteiger partial charge in [-0.3, -0.25) is 13.9 Å². The first-order valence-electron chi connectivity index (χ1n) is 12.5. The largest absolute Gasteiger partial charge is 0.352 e. The van der Waals surface area contributed by atoms with Crippen molar-refractivity contribution in [3.63, 3.8) is 0 Å². The first kappa shape index (κ1) is 29.2. The summed E-state index contributed by atoms with van der Waals surface area (Å²) in [6.07, 6.45) is 0.730. The number of para-hydroxylation sites is 1. The number of carbonyl (C=O) groups excluding carboxylic acids is 2. The van der Waals surface area contributed by atoms with Crippen LogP contribution in [0.4, 0.5) is 5.69 Å². The Bertz CT molecular complexity index is 1350. The van der Waals surface area contributed by atoms with Crippen molar-refractivity contribution in [1.29, 1.82) is 0 Å². The Morgan fingerprint density at radius 3 is 2.13 bits per heavy atom. The third kappa shape index (κ3) is 7.14. The van der Waals surface area contributed by atoms with Crippen LogP contribution in [0, 0.1) is 6.92 Å². The van der Waals surface area contributed by atoms with Crippen LogP contribution in [-0.4, -0.2) is 43.8 Å². The second-order valence-electron chi connectivity index (χ2n) is 9.27. The minimum Gasteiger partial charge on any atom is -0.352 e. The molecule has 3 aromatic carbocycles. The summed E-state index contributed by atoms with van der Waals surface area (Å²) >= 11 is 6.39. The monoisotopic (exact) mass is 555 g/mol. The minimum atomic E-state index is -4.09. The molecule has 0 radical (unpaired) electrons. The highest BCUT2D eigenvalue weighted by Crippen LogP contribution is 2.25. The zero-order chi connectivity index (χ0) is 27.9. The third-order valence-electron chi connectivity index (χ3n) is 6.40. The van der Waals surface area contributed by atoms with E-state index >= 15 is 0 Å². The summed E-state index contributed by atoms with van der Waals surface area (Å²) in [6.45, 7) is 6.89. The number of sulfonamides is 1. The molecule has 0 unspecified atom stereocenters. The number of nitrogens with one attached hydrogen (secondary N) is 1. The van der Waals surface area contributed by atoms with Gasteiger partial charge in [0.15, 0.2) is 0 Å². The predicted molar refractivity (Wildman–Crippen MR) is 152 cm³/mol. The van der Waals surface area contributed by atoms with E-state index in [-0.39, 0.29) is 23.4 Å². The summed E-state index contributed by atoms with van der Waals surface area (Å²) in [7, 11) is -4.09. The first-order chi connectivity index (χ1) is 18.0. The van der Waals surface area contributed by atoms with E-state index in [0.717, 1.165) is 16.3 Å². The second kappa shape index (κ2) is 12.9. The van der Waals surface area contributed by atoms with Gasteiger partial charge in [0.25, 0.3) is 10.0 Å². The van der Waals surface area contributed by atoms with E-state index in [1.165, 1.54) is 17.0 Å². The fourth-order valence-electron chi connectivity index (χ4n) is 3.82. The van der Waals surface area contributed by atoms with Gasteiger partial charge >= 0.3 is 0 Å². The molecule has 0 aliphatic carbocycles. The van der Waals surface area contributed by atoms with Crippen molar-refractivity contribution in [1.82, 2.24) is 10.2 Å². The summed E-state index contributed by atoms with van der Waals surface area (Å²) in [5, 5.41) is 3.36. The summed E-state index contributed by atoms with van der Waals surface area (Å²) in [5.74, 6) is -0.858. The van der Waals surface area contributed by atoms with Crippen molar-refractivity contribution in [3.05, 3.63) is 95.0 Å². The Labute approximate surface area is 230 Å². The molecule has 0 saturated carbocycles. The number of anilines is 1. The quantitative estimate of drug-likeness (QED) is 0.353. The maximum Gasteiger partial charge on any atom is 0.264 e. The van der Waals surface area contributed by atoms with Crippen molar-refractivity contribution < 1.29 is 18.0 Å². The molecule has 0 bridgehead atoms. The third-order valence-corrected chi connectivity index (χ3v) is 8.56. The maximum atomic E-state index is 13.9. The SMILES string of the molecule is CC[C@H](C)NC(=O)[C@@H](C)N(Cc1ccccc1Cl)C(=O)CN(c1ccccc1)S(=O)(=O)c1ccc(C)cc1. The lowest BCUT2D eigenvalue weighted by Gasteiger charge is -2.32. The zero-order valence-corrected chi connectivity index (χ0v) is 23.7. The lowest BCUT2D eigenvalue weighted by molar-refractivity contribution is -0.139. The van der Waals surface area contributed by atoms with E-state index in [1.54, 1.807) is 73.7 Å². The Morgan fingerprint density at radius 1 is 0.921 bits per heavy atom. The van der Waals surface area contributed by atoms with Gasteiger partial charge in [-0.2, -0.15) is 0 Å². The fourth-order valence-corrected chi connectivity index (χ4v) is 5.43. The molecule has 3 aromatic rings. The number of rotatable bonds is 11. The molecule has 0 fully saturated rings. The molecule has 0 aliphatic heterocycles. The highest BCUT2D eigenvalue weighted by atomic mass is 35.5. The smallest absolute Gasteiger partial charge is 0.264 e. The van der Waals surface area contributed by atoms with Crippen LogP contribution in [0.1, 0.15) is 38.3 Å². The molecule has 3 rings (SSSR count). The van der Waals surface area contributed by atoms with E-state index in [0.29, 0.717) is 16.3 Å². The van der Waals surface area contributed by atoms with Gasteiger partial charge in [-0.1, -0.05) is 72.6 Å². The molecular weight excluding hydrogens is 522 g/mol. The molecule has 0 heterocycles. The minimum absolute atomic E-state index is 0.0425. The van der Waals surface area contributed by atoms with Crippen molar-refractivity contribution in [2.75, 3.05) is 10.8 Å². The standard InChI is InChI=1S/C29H34ClN3O4S/c1-5-22(3)31-29(35)23(4)32(19-24-11-9-10-14-27(24)30)28(34)20-33(25-12-7-6-8-13-25)38(36,37)26-17-15-21(2)16-18-26/h6-18,22-23H,5,19-20H2,1-4H3,(H,31,35)/t22-,23+/m0/s1. The lowest BCUT2D eigenvalue weighted by Crippen LogP contribution is -2.52. The van der Waals surface area contributed by atoms with Gasteiger partial charge in [0.2, 0.25) is 11.8 Å².